The first-order valence-corrected chi connectivity index (χ1v) is 4.91. The molecular weight excluding hydrogens is 258 g/mol. The summed E-state index contributed by atoms with van der Waals surface area (Å²) in [6.07, 6.45) is 0.897. The fraction of sp³-hybridized carbons (Fsp3) is 0.111. The second kappa shape index (κ2) is 6.05. The summed E-state index contributed by atoms with van der Waals surface area (Å²) in [5, 5.41) is 24.9. The molecule has 1 rings (SSSR count). The maximum absolute atomic E-state index is 10.8. The van der Waals surface area contributed by atoms with E-state index >= 15 is 0 Å². The Hall–Kier alpha value is -3.04. The molecule has 0 radical (unpaired) electrons. The fourth-order valence-corrected chi connectivity index (χ4v) is 1.36. The number of hydrogen-bond donors (Lipinski definition) is 2. The van der Waals surface area contributed by atoms with Gasteiger partial charge in [-0.1, -0.05) is 0 Å². The van der Waals surface area contributed by atoms with Crippen LogP contribution in [0.15, 0.2) is 23.3 Å². The van der Waals surface area contributed by atoms with Gasteiger partial charge in [-0.25, -0.2) is 10.2 Å². The monoisotopic (exact) mass is 267 g/mol. The van der Waals surface area contributed by atoms with Gasteiger partial charge in [0.1, 0.15) is 5.56 Å². The summed E-state index contributed by atoms with van der Waals surface area (Å²) in [6.45, 7) is 0. The summed E-state index contributed by atoms with van der Waals surface area (Å²) in [5.74, 6) is 0. The van der Waals surface area contributed by atoms with Crippen molar-refractivity contribution < 1.29 is 14.6 Å². The highest BCUT2D eigenvalue weighted by atomic mass is 16.6. The van der Waals surface area contributed by atoms with E-state index in [1.807, 2.05) is 5.43 Å². The number of urea groups is 1. The number of primary amides is 1. The second-order valence-corrected chi connectivity index (χ2v) is 3.28. The first kappa shape index (κ1) is 14.0. The van der Waals surface area contributed by atoms with Crippen LogP contribution in [0.3, 0.4) is 0 Å². The lowest BCUT2D eigenvalue weighted by molar-refractivity contribution is -0.395. The van der Waals surface area contributed by atoms with Crippen LogP contribution in [0.4, 0.5) is 16.2 Å². The predicted octanol–water partition coefficient (Wildman–Crippen LogP) is 0.700. The summed E-state index contributed by atoms with van der Waals surface area (Å²) in [7, 11) is 0. The van der Waals surface area contributed by atoms with Crippen molar-refractivity contribution >= 4 is 23.6 Å². The van der Waals surface area contributed by atoms with E-state index in [1.165, 1.54) is 6.07 Å². The van der Waals surface area contributed by atoms with E-state index in [0.717, 1.165) is 18.3 Å². The number of nitrogens with one attached hydrogen (secondary N) is 1. The Labute approximate surface area is 106 Å². The molecule has 10 nitrogen and oxygen atoms in total. The molecule has 19 heavy (non-hydrogen) atoms. The molecule has 0 aromatic heterocycles. The van der Waals surface area contributed by atoms with Crippen molar-refractivity contribution in [3.05, 3.63) is 44.0 Å². The van der Waals surface area contributed by atoms with E-state index in [1.54, 1.807) is 0 Å². The van der Waals surface area contributed by atoms with Crippen molar-refractivity contribution in [2.24, 2.45) is 10.8 Å². The molecule has 10 heteroatoms. The normalized spacial score (nSPS) is 10.3. The molecule has 0 heterocycles. The molecular formula is C9H9N5O5. The lowest BCUT2D eigenvalue weighted by atomic mass is 10.1. The highest BCUT2D eigenvalue weighted by Crippen LogP contribution is 2.27. The Balaban J connectivity index is 3.08. The number of benzene rings is 1. The summed E-state index contributed by atoms with van der Waals surface area (Å²) < 4.78 is 0. The molecule has 1 aromatic rings. The number of carbonyl (C=O) groups is 1. The summed E-state index contributed by atoms with van der Waals surface area (Å²) in [4.78, 5) is 30.5. The van der Waals surface area contributed by atoms with E-state index in [4.69, 9.17) is 5.73 Å². The maximum atomic E-state index is 10.8. The highest BCUT2D eigenvalue weighted by Gasteiger charge is 2.23. The van der Waals surface area contributed by atoms with E-state index in [0.29, 0.717) is 0 Å². The number of nitrogens with two attached hydrogens (primary N) is 1. The predicted molar refractivity (Wildman–Crippen MR) is 64.7 cm³/mol. The average Bonchev–Trinajstić information content (AvgIpc) is 2.33. The Morgan fingerprint density at radius 3 is 2.26 bits per heavy atom. The quantitative estimate of drug-likeness (QED) is 0.456. The zero-order valence-corrected chi connectivity index (χ0v) is 9.48. The first-order valence-electron chi connectivity index (χ1n) is 4.91. The minimum Gasteiger partial charge on any atom is -0.350 e. The highest BCUT2D eigenvalue weighted by molar-refractivity contribution is 5.74. The third-order valence-corrected chi connectivity index (χ3v) is 2.08. The van der Waals surface area contributed by atoms with Crippen LogP contribution in [0.1, 0.15) is 5.56 Å². The molecule has 0 saturated heterocycles. The van der Waals surface area contributed by atoms with Gasteiger partial charge in [-0.3, -0.25) is 20.2 Å². The van der Waals surface area contributed by atoms with Crippen molar-refractivity contribution in [2.45, 2.75) is 6.42 Å². The number of hydrazone groups is 1. The number of nitrogens with zero attached hydrogens (tertiary/aromatic N) is 3. The van der Waals surface area contributed by atoms with E-state index in [9.17, 15) is 25.0 Å². The lowest BCUT2D eigenvalue weighted by Crippen LogP contribution is -2.24. The van der Waals surface area contributed by atoms with Gasteiger partial charge in [0.2, 0.25) is 0 Å². The molecule has 0 unspecified atom stereocenters. The standard InChI is InChI=1S/C9H9N5O5/c10-9(15)12-11-5-4-6-7(13(16)17)2-1-3-8(6)14(18)19/h1-3,5H,4H2,(H3,10,12,15). The Bertz CT molecular complexity index is 524. The molecule has 0 saturated carbocycles. The number of carbonyl (C=O) groups excluding carboxylic acids is 1. The number of nitro benzene ring substituents is 2. The molecule has 0 spiro atoms. The van der Waals surface area contributed by atoms with Crippen LogP contribution < -0.4 is 11.2 Å². The number of nitro groups is 2. The van der Waals surface area contributed by atoms with Gasteiger partial charge in [-0.2, -0.15) is 5.10 Å². The van der Waals surface area contributed by atoms with E-state index < -0.39 is 15.9 Å². The molecule has 0 aliphatic carbocycles. The number of amides is 2. The zero-order valence-electron chi connectivity index (χ0n) is 9.48. The average molecular weight is 267 g/mol. The van der Waals surface area contributed by atoms with Crippen LogP contribution in [0, 0.1) is 20.2 Å². The molecule has 0 bridgehead atoms. The van der Waals surface area contributed by atoms with Gasteiger partial charge in [0.15, 0.2) is 0 Å². The van der Waals surface area contributed by atoms with Gasteiger partial charge in [0.05, 0.1) is 9.85 Å². The van der Waals surface area contributed by atoms with Crippen LogP contribution >= 0.6 is 0 Å². The summed E-state index contributed by atoms with van der Waals surface area (Å²) >= 11 is 0. The Kier molecular flexibility index (Phi) is 4.46. The van der Waals surface area contributed by atoms with Crippen LogP contribution in [-0.4, -0.2) is 22.1 Å². The molecule has 1 aromatic carbocycles. The molecule has 100 valence electrons. The van der Waals surface area contributed by atoms with Crippen molar-refractivity contribution in [2.75, 3.05) is 0 Å². The van der Waals surface area contributed by atoms with Crippen LogP contribution in [0.5, 0.6) is 0 Å². The molecule has 3 N–H and O–H groups in total. The van der Waals surface area contributed by atoms with Gasteiger partial charge in [0, 0.05) is 24.8 Å². The summed E-state index contributed by atoms with van der Waals surface area (Å²) in [6, 6.07) is 2.61. The lowest BCUT2D eigenvalue weighted by Gasteiger charge is -2.01. The van der Waals surface area contributed by atoms with Gasteiger partial charge in [0.25, 0.3) is 11.4 Å². The van der Waals surface area contributed by atoms with Crippen molar-refractivity contribution in [3.8, 4) is 0 Å². The minimum atomic E-state index is -0.909. The van der Waals surface area contributed by atoms with E-state index in [2.05, 4.69) is 5.10 Å². The summed E-state index contributed by atoms with van der Waals surface area (Å²) in [5.41, 5.74) is 5.75. The van der Waals surface area contributed by atoms with Crippen molar-refractivity contribution in [1.29, 1.82) is 0 Å². The topological polar surface area (TPSA) is 154 Å². The molecule has 0 aliphatic heterocycles. The van der Waals surface area contributed by atoms with Gasteiger partial charge >= 0.3 is 6.03 Å². The third kappa shape index (κ3) is 3.73. The third-order valence-electron chi connectivity index (χ3n) is 2.08. The smallest absolute Gasteiger partial charge is 0.332 e. The van der Waals surface area contributed by atoms with Gasteiger partial charge < -0.3 is 5.73 Å². The molecule has 0 atom stereocenters. The SMILES string of the molecule is NC(=O)NN=CCc1c([N+](=O)[O-])cccc1[N+](=O)[O-]. The van der Waals surface area contributed by atoms with Crippen LogP contribution in [0.2, 0.25) is 0 Å². The Morgan fingerprint density at radius 2 is 1.84 bits per heavy atom. The van der Waals surface area contributed by atoms with Crippen molar-refractivity contribution in [3.63, 3.8) is 0 Å². The molecule has 2 amide bonds. The first-order chi connectivity index (χ1) is 8.93. The van der Waals surface area contributed by atoms with Gasteiger partial charge in [-0.15, -0.1) is 0 Å². The van der Waals surface area contributed by atoms with Gasteiger partial charge in [-0.05, 0) is 6.07 Å². The van der Waals surface area contributed by atoms with E-state index in [-0.39, 0.29) is 23.4 Å². The molecule has 0 aliphatic rings. The number of hydrogen-bond acceptors (Lipinski definition) is 6. The largest absolute Gasteiger partial charge is 0.350 e. The molecule has 0 fully saturated rings. The van der Waals surface area contributed by atoms with Crippen LogP contribution in [0.25, 0.3) is 0 Å². The maximum Gasteiger partial charge on any atom is 0.332 e. The second-order valence-electron chi connectivity index (χ2n) is 3.28. The number of rotatable bonds is 5. The Morgan fingerprint density at radius 1 is 1.32 bits per heavy atom. The van der Waals surface area contributed by atoms with Crippen LogP contribution in [-0.2, 0) is 6.42 Å². The zero-order chi connectivity index (χ0) is 14.4. The van der Waals surface area contributed by atoms with Crippen molar-refractivity contribution in [1.82, 2.24) is 5.43 Å². The minimum absolute atomic E-state index is 0.104. The fourth-order valence-electron chi connectivity index (χ4n) is 1.36.